The van der Waals surface area contributed by atoms with Gasteiger partial charge in [0.05, 0.1) is 13.0 Å². The third-order valence-corrected chi connectivity index (χ3v) is 4.32. The smallest absolute Gasteiger partial charge is 0.311 e. The first-order chi connectivity index (χ1) is 13.5. The lowest BCUT2D eigenvalue weighted by Gasteiger charge is -2.16. The van der Waals surface area contributed by atoms with Crippen molar-refractivity contribution in [3.8, 4) is 5.75 Å². The molecule has 2 aromatic carbocycles. The molecular weight excluding hydrogens is 367 g/mol. The molecule has 0 unspecified atom stereocenters. The van der Waals surface area contributed by atoms with E-state index in [1.54, 1.807) is 24.3 Å². The number of rotatable bonds is 6. The Hall–Kier alpha value is -3.42. The summed E-state index contributed by atoms with van der Waals surface area (Å²) < 4.78 is 23.1. The van der Waals surface area contributed by atoms with Crippen molar-refractivity contribution in [3.63, 3.8) is 0 Å². The van der Waals surface area contributed by atoms with E-state index < -0.39 is 30.2 Å². The molecule has 1 fully saturated rings. The average Bonchev–Trinajstić information content (AvgIpc) is 3.09. The Kier molecular flexibility index (Phi) is 5.88. The maximum Gasteiger partial charge on any atom is 0.311 e. The van der Waals surface area contributed by atoms with Crippen molar-refractivity contribution >= 4 is 29.2 Å². The molecule has 0 spiro atoms. The van der Waals surface area contributed by atoms with Crippen LogP contribution in [-0.2, 0) is 19.1 Å². The molecule has 0 saturated carbocycles. The quantitative estimate of drug-likeness (QED) is 0.771. The second-order valence-electron chi connectivity index (χ2n) is 6.27. The standard InChI is InChI=1S/C20H19FN2O5/c1-27-17-8-4-15(5-9-17)22-18(24)12-28-20(26)13-10-19(25)23(11-13)16-6-2-14(21)3-7-16/h2-9,13H,10-12H2,1H3,(H,22,24)/t13-/m1/s1. The topological polar surface area (TPSA) is 84.9 Å². The Morgan fingerprint density at radius 2 is 1.82 bits per heavy atom. The maximum atomic E-state index is 13.0. The molecule has 8 heteroatoms. The van der Waals surface area contributed by atoms with Gasteiger partial charge in [0, 0.05) is 24.3 Å². The van der Waals surface area contributed by atoms with E-state index in [4.69, 9.17) is 9.47 Å². The Labute approximate surface area is 161 Å². The number of nitrogens with one attached hydrogen (secondary N) is 1. The number of esters is 1. The van der Waals surface area contributed by atoms with Crippen molar-refractivity contribution in [3.05, 3.63) is 54.3 Å². The normalized spacial score (nSPS) is 16.0. The van der Waals surface area contributed by atoms with Crippen LogP contribution in [0.3, 0.4) is 0 Å². The van der Waals surface area contributed by atoms with E-state index in [0.717, 1.165) is 0 Å². The molecule has 1 N–H and O–H groups in total. The van der Waals surface area contributed by atoms with Crippen LogP contribution < -0.4 is 15.0 Å². The van der Waals surface area contributed by atoms with Crippen LogP contribution in [-0.4, -0.2) is 38.0 Å². The molecular formula is C20H19FN2O5. The van der Waals surface area contributed by atoms with Crippen LogP contribution in [0.4, 0.5) is 15.8 Å². The zero-order chi connectivity index (χ0) is 20.1. The second kappa shape index (κ2) is 8.51. The van der Waals surface area contributed by atoms with Crippen LogP contribution in [0.25, 0.3) is 0 Å². The van der Waals surface area contributed by atoms with Gasteiger partial charge in [-0.25, -0.2) is 4.39 Å². The van der Waals surface area contributed by atoms with Crippen molar-refractivity contribution in [1.82, 2.24) is 0 Å². The summed E-state index contributed by atoms with van der Waals surface area (Å²) in [6, 6.07) is 12.1. The maximum absolute atomic E-state index is 13.0. The monoisotopic (exact) mass is 386 g/mol. The molecule has 2 amide bonds. The van der Waals surface area contributed by atoms with E-state index in [1.807, 2.05) is 0 Å². The summed E-state index contributed by atoms with van der Waals surface area (Å²) in [5.74, 6) is -1.79. The number of carbonyl (C=O) groups is 3. The third kappa shape index (κ3) is 4.64. The van der Waals surface area contributed by atoms with E-state index in [2.05, 4.69) is 5.32 Å². The molecule has 1 aliphatic heterocycles. The number of anilines is 2. The van der Waals surface area contributed by atoms with Crippen LogP contribution in [0.15, 0.2) is 48.5 Å². The lowest BCUT2D eigenvalue weighted by molar-refractivity contribution is -0.151. The minimum absolute atomic E-state index is 0.0176. The predicted molar refractivity (Wildman–Crippen MR) is 99.4 cm³/mol. The van der Waals surface area contributed by atoms with Gasteiger partial charge in [0.2, 0.25) is 5.91 Å². The number of ether oxygens (including phenoxy) is 2. The van der Waals surface area contributed by atoms with Crippen LogP contribution in [0.1, 0.15) is 6.42 Å². The van der Waals surface area contributed by atoms with Crippen molar-refractivity contribution in [1.29, 1.82) is 0 Å². The van der Waals surface area contributed by atoms with Gasteiger partial charge >= 0.3 is 5.97 Å². The van der Waals surface area contributed by atoms with Crippen molar-refractivity contribution in [2.75, 3.05) is 30.5 Å². The van der Waals surface area contributed by atoms with Crippen LogP contribution in [0, 0.1) is 11.7 Å². The number of amides is 2. The van der Waals surface area contributed by atoms with Crippen molar-refractivity contribution in [2.24, 2.45) is 5.92 Å². The van der Waals surface area contributed by atoms with Gasteiger partial charge in [0.25, 0.3) is 5.91 Å². The van der Waals surface area contributed by atoms with Crippen molar-refractivity contribution < 1.29 is 28.2 Å². The first kappa shape index (κ1) is 19.3. The van der Waals surface area contributed by atoms with Gasteiger partial charge < -0.3 is 19.7 Å². The van der Waals surface area contributed by atoms with Gasteiger partial charge in [-0.05, 0) is 48.5 Å². The van der Waals surface area contributed by atoms with Gasteiger partial charge in [-0.3, -0.25) is 14.4 Å². The summed E-state index contributed by atoms with van der Waals surface area (Å²) in [6.45, 7) is -0.324. The molecule has 1 aliphatic rings. The molecule has 0 bridgehead atoms. The Morgan fingerprint density at radius 3 is 2.46 bits per heavy atom. The number of hydrogen-bond donors (Lipinski definition) is 1. The summed E-state index contributed by atoms with van der Waals surface area (Å²) in [5, 5.41) is 2.60. The summed E-state index contributed by atoms with van der Waals surface area (Å²) in [6.07, 6.45) is -0.0176. The van der Waals surface area contributed by atoms with Crippen LogP contribution >= 0.6 is 0 Å². The molecule has 1 saturated heterocycles. The summed E-state index contributed by atoms with van der Waals surface area (Å²) >= 11 is 0. The zero-order valence-corrected chi connectivity index (χ0v) is 15.2. The summed E-state index contributed by atoms with van der Waals surface area (Å²) in [7, 11) is 1.54. The van der Waals surface area contributed by atoms with Gasteiger partial charge in [0.15, 0.2) is 6.61 Å². The van der Waals surface area contributed by atoms with Gasteiger partial charge in [-0.1, -0.05) is 0 Å². The van der Waals surface area contributed by atoms with E-state index in [0.29, 0.717) is 17.1 Å². The number of nitrogens with zero attached hydrogens (tertiary/aromatic N) is 1. The second-order valence-corrected chi connectivity index (χ2v) is 6.27. The fourth-order valence-electron chi connectivity index (χ4n) is 2.86. The minimum Gasteiger partial charge on any atom is -0.497 e. The average molecular weight is 386 g/mol. The number of halogens is 1. The molecule has 2 aromatic rings. The molecule has 1 atom stereocenters. The Balaban J connectivity index is 1.49. The highest BCUT2D eigenvalue weighted by Crippen LogP contribution is 2.26. The number of carbonyl (C=O) groups excluding carboxylic acids is 3. The highest BCUT2D eigenvalue weighted by Gasteiger charge is 2.36. The van der Waals surface area contributed by atoms with E-state index in [1.165, 1.54) is 36.3 Å². The minimum atomic E-state index is -0.675. The Bertz CT molecular complexity index is 867. The first-order valence-electron chi connectivity index (χ1n) is 8.62. The Morgan fingerprint density at radius 1 is 1.14 bits per heavy atom. The van der Waals surface area contributed by atoms with E-state index >= 15 is 0 Å². The fraction of sp³-hybridized carbons (Fsp3) is 0.250. The highest BCUT2D eigenvalue weighted by molar-refractivity contribution is 6.00. The van der Waals surface area contributed by atoms with Crippen molar-refractivity contribution in [2.45, 2.75) is 6.42 Å². The summed E-state index contributed by atoms with van der Waals surface area (Å²) in [5.41, 5.74) is 1.05. The lowest BCUT2D eigenvalue weighted by atomic mass is 10.1. The molecule has 28 heavy (non-hydrogen) atoms. The third-order valence-electron chi connectivity index (χ3n) is 4.32. The molecule has 3 rings (SSSR count). The summed E-state index contributed by atoms with van der Waals surface area (Å²) in [4.78, 5) is 37.7. The van der Waals surface area contributed by atoms with Gasteiger partial charge in [0.1, 0.15) is 11.6 Å². The number of methoxy groups -OCH3 is 1. The molecule has 0 radical (unpaired) electrons. The molecule has 7 nitrogen and oxygen atoms in total. The van der Waals surface area contributed by atoms with E-state index in [-0.39, 0.29) is 18.9 Å². The molecule has 0 aliphatic carbocycles. The molecule has 146 valence electrons. The fourth-order valence-corrected chi connectivity index (χ4v) is 2.86. The predicted octanol–water partition coefficient (Wildman–Crippen LogP) is 2.37. The van der Waals surface area contributed by atoms with Crippen LogP contribution in [0.2, 0.25) is 0 Å². The first-order valence-corrected chi connectivity index (χ1v) is 8.62. The lowest BCUT2D eigenvalue weighted by Crippen LogP contribution is -2.28. The molecule has 1 heterocycles. The van der Waals surface area contributed by atoms with Gasteiger partial charge in [-0.2, -0.15) is 0 Å². The van der Waals surface area contributed by atoms with Crippen LogP contribution in [0.5, 0.6) is 5.75 Å². The largest absolute Gasteiger partial charge is 0.497 e. The zero-order valence-electron chi connectivity index (χ0n) is 15.2. The highest BCUT2D eigenvalue weighted by atomic mass is 19.1. The molecule has 0 aromatic heterocycles. The van der Waals surface area contributed by atoms with Gasteiger partial charge in [-0.15, -0.1) is 0 Å². The number of benzene rings is 2. The van der Waals surface area contributed by atoms with E-state index in [9.17, 15) is 18.8 Å². The SMILES string of the molecule is COc1ccc(NC(=O)COC(=O)[C@@H]2CC(=O)N(c3ccc(F)cc3)C2)cc1. The number of hydrogen-bond acceptors (Lipinski definition) is 5.